The van der Waals surface area contributed by atoms with Crippen molar-refractivity contribution in [1.82, 2.24) is 3.93 Å². The quantitative estimate of drug-likeness (QED) is 0.198. The molecule has 1 fully saturated rings. The van der Waals surface area contributed by atoms with E-state index in [0.717, 1.165) is 3.93 Å². The second kappa shape index (κ2) is 10.8. The molecule has 0 bridgehead atoms. The summed E-state index contributed by atoms with van der Waals surface area (Å²) in [7, 11) is -2.82. The van der Waals surface area contributed by atoms with Crippen LogP contribution in [0.25, 0.3) is 0 Å². The van der Waals surface area contributed by atoms with Gasteiger partial charge in [0.05, 0.1) is 16.1 Å². The number of nitrogens with zero attached hydrogens (tertiary/aromatic N) is 1. The van der Waals surface area contributed by atoms with Gasteiger partial charge in [-0.1, -0.05) is 0 Å². The Morgan fingerprint density at radius 1 is 1.00 bits per heavy atom. The van der Waals surface area contributed by atoms with Gasteiger partial charge in [0.1, 0.15) is 0 Å². The van der Waals surface area contributed by atoms with E-state index in [1.807, 2.05) is 0 Å². The smallest absolute Gasteiger partial charge is 0.808 e. The summed E-state index contributed by atoms with van der Waals surface area (Å²) in [5.74, 6) is -8.34. The SMILES string of the molecule is O=C(O)C(=O)OB([O-])OC(=O)C(=O)O.O=C1CCC(=O)N1Br.[Li+]. The van der Waals surface area contributed by atoms with Crippen molar-refractivity contribution in [1.29, 1.82) is 0 Å². The van der Waals surface area contributed by atoms with Gasteiger partial charge in [0, 0.05) is 12.8 Å². The van der Waals surface area contributed by atoms with Gasteiger partial charge in [-0.2, -0.15) is 0 Å². The van der Waals surface area contributed by atoms with Gasteiger partial charge in [-0.25, -0.2) is 23.1 Å². The molecule has 1 heterocycles. The summed E-state index contributed by atoms with van der Waals surface area (Å²) < 4.78 is 7.84. The number of aliphatic carboxylic acids is 2. The molecule has 0 aromatic rings. The zero-order valence-electron chi connectivity index (χ0n) is 11.4. The minimum Gasteiger partial charge on any atom is -0.808 e. The Bertz CT molecular complexity index is 482. The number of carbonyl (C=O) groups is 6. The number of halogens is 1. The second-order valence-corrected chi connectivity index (χ2v) is 3.99. The zero-order valence-corrected chi connectivity index (χ0v) is 13.0. The summed E-state index contributed by atoms with van der Waals surface area (Å²) in [5.41, 5.74) is 0. The Labute approximate surface area is 148 Å². The van der Waals surface area contributed by atoms with Gasteiger partial charge in [-0.3, -0.25) is 9.59 Å². The van der Waals surface area contributed by atoms with Crippen LogP contribution in [-0.4, -0.2) is 57.2 Å². The average Bonchev–Trinajstić information content (AvgIpc) is 2.70. The summed E-state index contributed by atoms with van der Waals surface area (Å²) >= 11 is 2.80. The third-order valence-electron chi connectivity index (χ3n) is 1.75. The predicted octanol–water partition coefficient (Wildman–Crippen LogP) is -5.96. The van der Waals surface area contributed by atoms with E-state index in [9.17, 15) is 33.8 Å². The van der Waals surface area contributed by atoms with Gasteiger partial charge < -0.3 is 24.5 Å². The largest absolute Gasteiger partial charge is 1.00 e. The molecule has 2 amide bonds. The minimum absolute atomic E-state index is 0. The standard InChI is InChI=1S/C4H2BO9.C4H4BrNO2.Li/c6-1(7)3(10)13-5(12)14-4(11)2(8)9;5-6-3(7)1-2-4(6)8;/h(H,6,7)(H,8,9);1-2H2;/q-1;;+1. The Balaban J connectivity index is 0. The molecular formula is C8H6BBrLiNO11. The topological polar surface area (TPSA) is 188 Å². The van der Waals surface area contributed by atoms with Crippen LogP contribution in [0.2, 0.25) is 0 Å². The third kappa shape index (κ3) is 8.98. The first-order valence-corrected chi connectivity index (χ1v) is 5.82. The van der Waals surface area contributed by atoms with Crippen LogP contribution in [0.15, 0.2) is 0 Å². The fraction of sp³-hybridized carbons (Fsp3) is 0.250. The molecule has 0 atom stereocenters. The molecule has 0 aromatic heterocycles. The van der Waals surface area contributed by atoms with Crippen molar-refractivity contribution >= 4 is 59.2 Å². The number of carboxylic acid groups (broad SMARTS) is 2. The van der Waals surface area contributed by atoms with Gasteiger partial charge in [0.15, 0.2) is 0 Å². The monoisotopic (exact) mass is 389 g/mol. The molecule has 1 aliphatic heterocycles. The molecule has 0 spiro atoms. The molecule has 0 aliphatic carbocycles. The van der Waals surface area contributed by atoms with Crippen molar-refractivity contribution in [2.75, 3.05) is 0 Å². The first-order chi connectivity index (χ1) is 10.1. The maximum Gasteiger partial charge on any atom is 1.00 e. The van der Waals surface area contributed by atoms with Gasteiger partial charge in [0.2, 0.25) is 11.8 Å². The van der Waals surface area contributed by atoms with Crippen molar-refractivity contribution in [2.24, 2.45) is 0 Å². The van der Waals surface area contributed by atoms with Crippen LogP contribution in [0.3, 0.4) is 0 Å². The molecule has 0 saturated carbocycles. The number of hydrogen-bond acceptors (Lipinski definition) is 9. The van der Waals surface area contributed by atoms with E-state index in [1.165, 1.54) is 0 Å². The predicted molar refractivity (Wildman–Crippen MR) is 63.2 cm³/mol. The van der Waals surface area contributed by atoms with E-state index in [1.54, 1.807) is 0 Å². The van der Waals surface area contributed by atoms with Crippen LogP contribution in [0, 0.1) is 0 Å². The summed E-state index contributed by atoms with van der Waals surface area (Å²) in [6, 6.07) is 0. The van der Waals surface area contributed by atoms with Gasteiger partial charge in [-0.15, -0.1) is 0 Å². The number of rotatable bonds is 2. The van der Waals surface area contributed by atoms with Crippen LogP contribution in [0.4, 0.5) is 0 Å². The summed E-state index contributed by atoms with van der Waals surface area (Å²) in [6.45, 7) is 0. The van der Waals surface area contributed by atoms with E-state index in [-0.39, 0.29) is 30.7 Å². The van der Waals surface area contributed by atoms with E-state index in [2.05, 4.69) is 25.5 Å². The number of imide groups is 1. The summed E-state index contributed by atoms with van der Waals surface area (Å²) in [6.07, 6.45) is 0.703. The van der Waals surface area contributed by atoms with Crippen LogP contribution in [0.5, 0.6) is 0 Å². The second-order valence-electron chi connectivity index (χ2n) is 3.28. The van der Waals surface area contributed by atoms with Crippen molar-refractivity contribution in [3.63, 3.8) is 0 Å². The minimum atomic E-state index is -2.82. The van der Waals surface area contributed by atoms with Gasteiger partial charge >= 0.3 is 50.1 Å². The fourth-order valence-electron chi connectivity index (χ4n) is 0.849. The molecular weight excluding hydrogens is 384 g/mol. The number of amides is 2. The molecule has 0 unspecified atom stereocenters. The molecule has 1 rings (SSSR count). The Kier molecular flexibility index (Phi) is 11.0. The first kappa shape index (κ1) is 23.4. The van der Waals surface area contributed by atoms with E-state index in [0.29, 0.717) is 12.8 Å². The Morgan fingerprint density at radius 3 is 1.48 bits per heavy atom. The molecule has 15 heteroatoms. The first-order valence-electron chi connectivity index (χ1n) is 5.11. The van der Waals surface area contributed by atoms with Crippen LogP contribution in [0.1, 0.15) is 12.8 Å². The molecule has 120 valence electrons. The van der Waals surface area contributed by atoms with E-state index >= 15 is 0 Å². The Hall–Kier alpha value is -1.88. The maximum atomic E-state index is 10.4. The average molecular weight is 390 g/mol. The fourth-order valence-corrected chi connectivity index (χ4v) is 1.20. The molecule has 0 aromatic carbocycles. The van der Waals surface area contributed by atoms with E-state index in [4.69, 9.17) is 10.2 Å². The zero-order chi connectivity index (χ0) is 17.4. The van der Waals surface area contributed by atoms with Crippen LogP contribution in [-0.2, 0) is 38.1 Å². The van der Waals surface area contributed by atoms with E-state index < -0.39 is 31.2 Å². The Morgan fingerprint density at radius 2 is 1.30 bits per heavy atom. The maximum absolute atomic E-state index is 10.4. The van der Waals surface area contributed by atoms with Crippen molar-refractivity contribution in [3.8, 4) is 0 Å². The van der Waals surface area contributed by atoms with Crippen LogP contribution >= 0.6 is 16.1 Å². The molecule has 12 nitrogen and oxygen atoms in total. The number of hydrogen-bond donors (Lipinski definition) is 2. The number of carboxylic acids is 2. The molecule has 2 N–H and O–H groups in total. The molecule has 23 heavy (non-hydrogen) atoms. The van der Waals surface area contributed by atoms with Crippen molar-refractivity contribution in [3.05, 3.63) is 0 Å². The number of carbonyl (C=O) groups excluding carboxylic acids is 4. The van der Waals surface area contributed by atoms with Crippen molar-refractivity contribution in [2.45, 2.75) is 12.8 Å². The normalized spacial score (nSPS) is 12.3. The van der Waals surface area contributed by atoms with Gasteiger partial charge in [0.25, 0.3) is 0 Å². The summed E-state index contributed by atoms with van der Waals surface area (Å²) in [4.78, 5) is 60.7. The van der Waals surface area contributed by atoms with Crippen molar-refractivity contribution < 1.29 is 72.2 Å². The molecule has 0 radical (unpaired) electrons. The third-order valence-corrected chi connectivity index (χ3v) is 2.54. The molecule has 1 aliphatic rings. The van der Waals surface area contributed by atoms with Crippen LogP contribution < -0.4 is 23.9 Å². The summed E-state index contributed by atoms with van der Waals surface area (Å²) in [5, 5.41) is 26.2. The molecule has 1 saturated heterocycles. The van der Waals surface area contributed by atoms with Gasteiger partial charge in [-0.05, 0) is 0 Å².